The Kier molecular flexibility index (Phi) is 4.20. The van der Waals surface area contributed by atoms with E-state index in [-0.39, 0.29) is 24.2 Å². The monoisotopic (exact) mass is 266 g/mol. The van der Waals surface area contributed by atoms with Gasteiger partial charge in [-0.2, -0.15) is 0 Å². The molecular weight excluding hydrogens is 252 g/mol. The minimum atomic E-state index is -0.347. The van der Waals surface area contributed by atoms with Crippen LogP contribution in [0.1, 0.15) is 17.5 Å². The summed E-state index contributed by atoms with van der Waals surface area (Å²) < 4.78 is 0. The maximum atomic E-state index is 11.6. The number of aryl methyl sites for hydroxylation is 2. The van der Waals surface area contributed by atoms with Crippen LogP contribution in [0.5, 0.6) is 0 Å². The quantitative estimate of drug-likeness (QED) is 0.811. The summed E-state index contributed by atoms with van der Waals surface area (Å²) in [4.78, 5) is 22.5. The number of fused-ring (bicyclic) bond motifs is 1. The number of hydrogen-bond donors (Lipinski definition) is 2. The SMILES string of the molecule is O=C(CCl)NCC(=O)Nc1ccc2c(c1)CCC2. The zero-order valence-corrected chi connectivity index (χ0v) is 10.7. The lowest BCUT2D eigenvalue weighted by molar-refractivity contribution is -0.122. The van der Waals surface area contributed by atoms with E-state index in [1.165, 1.54) is 17.5 Å². The Morgan fingerprint density at radius 1 is 1.17 bits per heavy atom. The van der Waals surface area contributed by atoms with Crippen molar-refractivity contribution in [2.24, 2.45) is 0 Å². The van der Waals surface area contributed by atoms with E-state index < -0.39 is 0 Å². The number of alkyl halides is 1. The van der Waals surface area contributed by atoms with E-state index in [4.69, 9.17) is 11.6 Å². The van der Waals surface area contributed by atoms with Crippen LogP contribution >= 0.6 is 11.6 Å². The van der Waals surface area contributed by atoms with Crippen LogP contribution < -0.4 is 10.6 Å². The lowest BCUT2D eigenvalue weighted by atomic mass is 10.1. The highest BCUT2D eigenvalue weighted by Gasteiger charge is 2.11. The highest BCUT2D eigenvalue weighted by atomic mass is 35.5. The Morgan fingerprint density at radius 3 is 2.72 bits per heavy atom. The van der Waals surface area contributed by atoms with Crippen molar-refractivity contribution in [3.8, 4) is 0 Å². The van der Waals surface area contributed by atoms with Gasteiger partial charge in [-0.05, 0) is 42.5 Å². The topological polar surface area (TPSA) is 58.2 Å². The third kappa shape index (κ3) is 3.23. The lowest BCUT2D eigenvalue weighted by Gasteiger charge is -2.08. The van der Waals surface area contributed by atoms with Gasteiger partial charge in [-0.15, -0.1) is 11.6 Å². The number of rotatable bonds is 4. The summed E-state index contributed by atoms with van der Waals surface area (Å²) in [7, 11) is 0. The Balaban J connectivity index is 1.89. The molecule has 96 valence electrons. The number of carbonyl (C=O) groups is 2. The molecule has 2 N–H and O–H groups in total. The fourth-order valence-corrected chi connectivity index (χ4v) is 2.18. The van der Waals surface area contributed by atoms with Gasteiger partial charge in [0.25, 0.3) is 0 Å². The molecule has 1 aliphatic carbocycles. The first-order valence-electron chi connectivity index (χ1n) is 5.93. The first-order valence-corrected chi connectivity index (χ1v) is 6.47. The molecule has 1 aliphatic rings. The molecule has 0 fully saturated rings. The van der Waals surface area contributed by atoms with Gasteiger partial charge in [0, 0.05) is 5.69 Å². The predicted octanol–water partition coefficient (Wildman–Crippen LogP) is 1.47. The molecule has 0 saturated carbocycles. The molecule has 0 bridgehead atoms. The molecule has 5 heteroatoms. The molecule has 0 atom stereocenters. The first-order chi connectivity index (χ1) is 8.69. The second-order valence-corrected chi connectivity index (χ2v) is 4.56. The zero-order valence-electron chi connectivity index (χ0n) is 9.96. The molecule has 0 heterocycles. The van der Waals surface area contributed by atoms with Gasteiger partial charge in [0.1, 0.15) is 5.88 Å². The van der Waals surface area contributed by atoms with E-state index in [9.17, 15) is 9.59 Å². The molecule has 0 saturated heterocycles. The number of nitrogens with one attached hydrogen (secondary N) is 2. The lowest BCUT2D eigenvalue weighted by Crippen LogP contribution is -2.33. The number of anilines is 1. The van der Waals surface area contributed by atoms with E-state index in [0.717, 1.165) is 18.5 Å². The van der Waals surface area contributed by atoms with Crippen molar-refractivity contribution in [2.75, 3.05) is 17.7 Å². The van der Waals surface area contributed by atoms with Crippen LogP contribution in [-0.2, 0) is 22.4 Å². The molecule has 2 amide bonds. The summed E-state index contributed by atoms with van der Waals surface area (Å²) in [6.45, 7) is -0.0529. The van der Waals surface area contributed by atoms with Crippen molar-refractivity contribution in [1.29, 1.82) is 0 Å². The third-order valence-corrected chi connectivity index (χ3v) is 3.19. The third-order valence-electron chi connectivity index (χ3n) is 2.95. The minimum Gasteiger partial charge on any atom is -0.346 e. The molecule has 0 radical (unpaired) electrons. The average Bonchev–Trinajstić information content (AvgIpc) is 2.83. The summed E-state index contributed by atoms with van der Waals surface area (Å²) >= 11 is 5.32. The normalized spacial score (nSPS) is 12.9. The summed E-state index contributed by atoms with van der Waals surface area (Å²) in [5.74, 6) is -0.723. The van der Waals surface area contributed by atoms with Crippen LogP contribution in [0.3, 0.4) is 0 Å². The Bertz CT molecular complexity index is 474. The maximum Gasteiger partial charge on any atom is 0.243 e. The van der Waals surface area contributed by atoms with Gasteiger partial charge >= 0.3 is 0 Å². The standard InChI is InChI=1S/C13H15ClN2O2/c14-7-12(17)15-8-13(18)16-11-5-4-9-2-1-3-10(9)6-11/h4-6H,1-3,7-8H2,(H,15,17)(H,16,18). The average molecular weight is 267 g/mol. The molecule has 1 aromatic rings. The van der Waals surface area contributed by atoms with Crippen LogP contribution in [0.15, 0.2) is 18.2 Å². The van der Waals surface area contributed by atoms with Crippen LogP contribution in [0.4, 0.5) is 5.69 Å². The van der Waals surface area contributed by atoms with Crippen molar-refractivity contribution < 1.29 is 9.59 Å². The summed E-state index contributed by atoms with van der Waals surface area (Å²) in [6, 6.07) is 5.95. The molecule has 0 aromatic heterocycles. The number of amides is 2. The van der Waals surface area contributed by atoms with E-state index in [1.807, 2.05) is 12.1 Å². The number of carbonyl (C=O) groups excluding carboxylic acids is 2. The molecule has 0 spiro atoms. The van der Waals surface area contributed by atoms with Gasteiger partial charge in [-0.25, -0.2) is 0 Å². The molecule has 0 unspecified atom stereocenters. The van der Waals surface area contributed by atoms with E-state index in [0.29, 0.717) is 0 Å². The van der Waals surface area contributed by atoms with Gasteiger partial charge in [0.15, 0.2) is 0 Å². The Morgan fingerprint density at radius 2 is 1.94 bits per heavy atom. The van der Waals surface area contributed by atoms with Crippen molar-refractivity contribution in [2.45, 2.75) is 19.3 Å². The number of halogens is 1. The molecule has 18 heavy (non-hydrogen) atoms. The second kappa shape index (κ2) is 5.87. The molecule has 1 aromatic carbocycles. The highest BCUT2D eigenvalue weighted by molar-refractivity contribution is 6.27. The molecule has 4 nitrogen and oxygen atoms in total. The molecular formula is C13H15ClN2O2. The predicted molar refractivity (Wildman–Crippen MR) is 70.8 cm³/mol. The summed E-state index contributed by atoms with van der Waals surface area (Å²) in [5, 5.41) is 5.18. The van der Waals surface area contributed by atoms with Gasteiger partial charge < -0.3 is 10.6 Å². The van der Waals surface area contributed by atoms with Gasteiger partial charge in [0.05, 0.1) is 6.54 Å². The smallest absolute Gasteiger partial charge is 0.243 e. The Labute approximate surface area is 111 Å². The first kappa shape index (κ1) is 12.9. The minimum absolute atomic E-state index is 0.0529. The van der Waals surface area contributed by atoms with Crippen LogP contribution in [-0.4, -0.2) is 24.2 Å². The van der Waals surface area contributed by atoms with Crippen molar-refractivity contribution in [3.05, 3.63) is 29.3 Å². The number of hydrogen-bond acceptors (Lipinski definition) is 2. The van der Waals surface area contributed by atoms with Crippen molar-refractivity contribution in [1.82, 2.24) is 5.32 Å². The zero-order chi connectivity index (χ0) is 13.0. The van der Waals surface area contributed by atoms with Crippen LogP contribution in [0.25, 0.3) is 0 Å². The largest absolute Gasteiger partial charge is 0.346 e. The molecule has 0 aliphatic heterocycles. The fourth-order valence-electron chi connectivity index (χ4n) is 2.08. The van der Waals surface area contributed by atoms with Crippen LogP contribution in [0, 0.1) is 0 Å². The Hall–Kier alpha value is -1.55. The van der Waals surface area contributed by atoms with E-state index in [1.54, 1.807) is 0 Å². The van der Waals surface area contributed by atoms with Gasteiger partial charge in [-0.1, -0.05) is 6.07 Å². The van der Waals surface area contributed by atoms with Crippen molar-refractivity contribution in [3.63, 3.8) is 0 Å². The van der Waals surface area contributed by atoms with Crippen LogP contribution in [0.2, 0.25) is 0 Å². The fraction of sp³-hybridized carbons (Fsp3) is 0.385. The molecule has 2 rings (SSSR count). The van der Waals surface area contributed by atoms with E-state index in [2.05, 4.69) is 16.7 Å². The van der Waals surface area contributed by atoms with Gasteiger partial charge in [-0.3, -0.25) is 9.59 Å². The van der Waals surface area contributed by atoms with E-state index >= 15 is 0 Å². The second-order valence-electron chi connectivity index (χ2n) is 4.30. The van der Waals surface area contributed by atoms with Crippen molar-refractivity contribution >= 4 is 29.1 Å². The highest BCUT2D eigenvalue weighted by Crippen LogP contribution is 2.24. The summed E-state index contributed by atoms with van der Waals surface area (Å²) in [6.07, 6.45) is 3.37. The summed E-state index contributed by atoms with van der Waals surface area (Å²) in [5.41, 5.74) is 3.45. The number of benzene rings is 1. The maximum absolute atomic E-state index is 11.6. The van der Waals surface area contributed by atoms with Gasteiger partial charge in [0.2, 0.25) is 11.8 Å².